The van der Waals surface area contributed by atoms with Crippen molar-refractivity contribution in [2.24, 2.45) is 17.8 Å². The molecule has 0 saturated heterocycles. The van der Waals surface area contributed by atoms with E-state index in [9.17, 15) is 4.79 Å². The SMILES string of the molecule is CCCCC[C@H]1CC[C@H](c2ccc(OC(=O)C3CCC(CCC)CC3)cc2)CC1. The predicted molar refractivity (Wildman–Crippen MR) is 121 cm³/mol. The van der Waals surface area contributed by atoms with Crippen LogP contribution in [-0.4, -0.2) is 5.97 Å². The number of benzene rings is 1. The molecular formula is C27H42O2. The standard InChI is InChI=1S/C27H42O2/c1-3-5-6-8-22-9-13-23(14-10-22)24-17-19-26(20-18-24)29-27(28)25-15-11-21(7-4-2)12-16-25/h17-23,25H,3-16H2,1-2H3/t21?,22-,23-,25?. The van der Waals surface area contributed by atoms with E-state index in [0.29, 0.717) is 5.92 Å². The quantitative estimate of drug-likeness (QED) is 0.239. The zero-order chi connectivity index (χ0) is 20.5. The number of ether oxygens (including phenoxy) is 1. The van der Waals surface area contributed by atoms with Crippen molar-refractivity contribution >= 4 is 5.97 Å². The van der Waals surface area contributed by atoms with E-state index in [2.05, 4.69) is 26.0 Å². The molecule has 0 spiro atoms. The van der Waals surface area contributed by atoms with E-state index in [1.54, 1.807) is 0 Å². The van der Waals surface area contributed by atoms with Crippen LogP contribution in [0.4, 0.5) is 0 Å². The van der Waals surface area contributed by atoms with Crippen LogP contribution < -0.4 is 4.74 Å². The van der Waals surface area contributed by atoms with Gasteiger partial charge >= 0.3 is 5.97 Å². The lowest BCUT2D eigenvalue weighted by Crippen LogP contribution is -2.25. The van der Waals surface area contributed by atoms with Gasteiger partial charge in [-0.3, -0.25) is 4.79 Å². The second-order valence-corrected chi connectivity index (χ2v) is 9.71. The molecule has 2 nitrogen and oxygen atoms in total. The van der Waals surface area contributed by atoms with E-state index in [-0.39, 0.29) is 11.9 Å². The van der Waals surface area contributed by atoms with E-state index in [1.807, 2.05) is 12.1 Å². The second-order valence-electron chi connectivity index (χ2n) is 9.71. The maximum absolute atomic E-state index is 12.5. The predicted octanol–water partition coefficient (Wildman–Crippen LogP) is 8.05. The molecule has 0 unspecified atom stereocenters. The van der Waals surface area contributed by atoms with E-state index < -0.39 is 0 Å². The summed E-state index contributed by atoms with van der Waals surface area (Å²) < 4.78 is 5.72. The van der Waals surface area contributed by atoms with Crippen molar-refractivity contribution in [3.63, 3.8) is 0 Å². The number of unbranched alkanes of at least 4 members (excludes halogenated alkanes) is 2. The molecule has 3 rings (SSSR count). The lowest BCUT2D eigenvalue weighted by Gasteiger charge is -2.29. The van der Waals surface area contributed by atoms with E-state index >= 15 is 0 Å². The van der Waals surface area contributed by atoms with Crippen LogP contribution in [0.2, 0.25) is 0 Å². The largest absolute Gasteiger partial charge is 0.426 e. The molecule has 0 heterocycles. The number of esters is 1. The Morgan fingerprint density at radius 3 is 2.03 bits per heavy atom. The molecule has 0 atom stereocenters. The molecule has 1 aromatic rings. The summed E-state index contributed by atoms with van der Waals surface area (Å²) in [7, 11) is 0. The molecule has 2 heteroatoms. The molecule has 1 aromatic carbocycles. The molecule has 2 saturated carbocycles. The first kappa shape index (κ1) is 22.4. The first-order valence-electron chi connectivity index (χ1n) is 12.5. The summed E-state index contributed by atoms with van der Waals surface area (Å²) in [6.07, 6.45) is 17.9. The fraction of sp³-hybridized carbons (Fsp3) is 0.741. The van der Waals surface area contributed by atoms with Crippen LogP contribution in [0.25, 0.3) is 0 Å². The van der Waals surface area contributed by atoms with E-state index in [4.69, 9.17) is 4.74 Å². The zero-order valence-corrected chi connectivity index (χ0v) is 18.8. The van der Waals surface area contributed by atoms with Gasteiger partial charge in [0.1, 0.15) is 5.75 Å². The summed E-state index contributed by atoms with van der Waals surface area (Å²) >= 11 is 0. The molecule has 0 radical (unpaired) electrons. The number of hydrogen-bond acceptors (Lipinski definition) is 2. The smallest absolute Gasteiger partial charge is 0.314 e. The molecule has 29 heavy (non-hydrogen) atoms. The summed E-state index contributed by atoms with van der Waals surface area (Å²) in [5, 5.41) is 0. The highest BCUT2D eigenvalue weighted by atomic mass is 16.5. The molecule has 0 aliphatic heterocycles. The van der Waals surface area contributed by atoms with Crippen LogP contribution >= 0.6 is 0 Å². The number of hydrogen-bond donors (Lipinski definition) is 0. The van der Waals surface area contributed by atoms with Gasteiger partial charge in [-0.1, -0.05) is 64.5 Å². The summed E-state index contributed by atoms with van der Waals surface area (Å²) in [5.41, 5.74) is 1.43. The molecule has 2 aliphatic rings. The van der Waals surface area contributed by atoms with Gasteiger partial charge in [0.05, 0.1) is 5.92 Å². The Morgan fingerprint density at radius 1 is 0.793 bits per heavy atom. The van der Waals surface area contributed by atoms with Crippen LogP contribution in [0.15, 0.2) is 24.3 Å². The van der Waals surface area contributed by atoms with Gasteiger partial charge in [0.25, 0.3) is 0 Å². The zero-order valence-electron chi connectivity index (χ0n) is 18.8. The minimum absolute atomic E-state index is 0.0136. The summed E-state index contributed by atoms with van der Waals surface area (Å²) in [6, 6.07) is 8.43. The summed E-state index contributed by atoms with van der Waals surface area (Å²) in [5.74, 6) is 3.28. The lowest BCUT2D eigenvalue weighted by molar-refractivity contribution is -0.140. The average Bonchev–Trinajstić information content (AvgIpc) is 2.76. The maximum atomic E-state index is 12.5. The highest BCUT2D eigenvalue weighted by molar-refractivity contribution is 5.75. The van der Waals surface area contributed by atoms with Crippen molar-refractivity contribution in [2.75, 3.05) is 0 Å². The summed E-state index contributed by atoms with van der Waals surface area (Å²) in [6.45, 7) is 4.54. The molecule has 0 bridgehead atoms. The third-order valence-electron chi connectivity index (χ3n) is 7.51. The molecule has 0 amide bonds. The van der Waals surface area contributed by atoms with Crippen molar-refractivity contribution in [2.45, 2.75) is 110 Å². The first-order chi connectivity index (χ1) is 14.2. The van der Waals surface area contributed by atoms with Crippen molar-refractivity contribution in [1.82, 2.24) is 0 Å². The topological polar surface area (TPSA) is 26.3 Å². The van der Waals surface area contributed by atoms with Crippen LogP contribution in [0, 0.1) is 17.8 Å². The van der Waals surface area contributed by atoms with Crippen LogP contribution in [-0.2, 0) is 4.79 Å². The Labute approximate surface area is 178 Å². The van der Waals surface area contributed by atoms with Crippen LogP contribution in [0.3, 0.4) is 0 Å². The van der Waals surface area contributed by atoms with Gasteiger partial charge in [0.15, 0.2) is 0 Å². The van der Waals surface area contributed by atoms with Crippen LogP contribution in [0.5, 0.6) is 5.75 Å². The minimum Gasteiger partial charge on any atom is -0.426 e. The Morgan fingerprint density at radius 2 is 1.41 bits per heavy atom. The monoisotopic (exact) mass is 398 g/mol. The average molecular weight is 399 g/mol. The molecule has 2 fully saturated rings. The van der Waals surface area contributed by atoms with Crippen LogP contribution in [0.1, 0.15) is 115 Å². The van der Waals surface area contributed by atoms with Crippen molar-refractivity contribution in [3.8, 4) is 5.75 Å². The molecule has 0 N–H and O–H groups in total. The Hall–Kier alpha value is -1.31. The van der Waals surface area contributed by atoms with Gasteiger partial charge in [-0.2, -0.15) is 0 Å². The highest BCUT2D eigenvalue weighted by Crippen LogP contribution is 2.38. The van der Waals surface area contributed by atoms with Crippen molar-refractivity contribution < 1.29 is 9.53 Å². The third kappa shape index (κ3) is 6.86. The summed E-state index contributed by atoms with van der Waals surface area (Å²) in [4.78, 5) is 12.5. The second kappa shape index (κ2) is 11.8. The normalized spacial score (nSPS) is 27.5. The number of carbonyl (C=O) groups excluding carboxylic acids is 1. The van der Waals surface area contributed by atoms with Gasteiger partial charge < -0.3 is 4.74 Å². The minimum atomic E-state index is -0.0136. The lowest BCUT2D eigenvalue weighted by atomic mass is 9.77. The van der Waals surface area contributed by atoms with Gasteiger partial charge in [-0.05, 0) is 86.8 Å². The third-order valence-corrected chi connectivity index (χ3v) is 7.51. The van der Waals surface area contributed by atoms with Gasteiger partial charge in [0, 0.05) is 0 Å². The number of rotatable bonds is 9. The fourth-order valence-electron chi connectivity index (χ4n) is 5.57. The molecular weight excluding hydrogens is 356 g/mol. The maximum Gasteiger partial charge on any atom is 0.314 e. The Bertz CT molecular complexity index is 589. The fourth-order valence-corrected chi connectivity index (χ4v) is 5.57. The first-order valence-corrected chi connectivity index (χ1v) is 12.5. The van der Waals surface area contributed by atoms with Crippen molar-refractivity contribution in [1.29, 1.82) is 0 Å². The van der Waals surface area contributed by atoms with Crippen molar-refractivity contribution in [3.05, 3.63) is 29.8 Å². The Kier molecular flexibility index (Phi) is 9.08. The van der Waals surface area contributed by atoms with Gasteiger partial charge in [0.2, 0.25) is 0 Å². The highest BCUT2D eigenvalue weighted by Gasteiger charge is 2.27. The van der Waals surface area contributed by atoms with E-state index in [1.165, 1.54) is 82.6 Å². The molecule has 0 aromatic heterocycles. The van der Waals surface area contributed by atoms with E-state index in [0.717, 1.165) is 30.4 Å². The Balaban J connectivity index is 1.42. The molecule has 2 aliphatic carbocycles. The van der Waals surface area contributed by atoms with Gasteiger partial charge in [-0.25, -0.2) is 0 Å². The number of carbonyl (C=O) groups is 1. The molecule has 162 valence electrons. The van der Waals surface area contributed by atoms with Gasteiger partial charge in [-0.15, -0.1) is 0 Å².